The first-order chi connectivity index (χ1) is 28.0. The van der Waals surface area contributed by atoms with Gasteiger partial charge in [0.2, 0.25) is 11.8 Å². The summed E-state index contributed by atoms with van der Waals surface area (Å²) in [5.41, 5.74) is 3.17. The van der Waals surface area contributed by atoms with Crippen LogP contribution in [0.2, 0.25) is 5.02 Å². The van der Waals surface area contributed by atoms with Gasteiger partial charge in [-0.1, -0.05) is 30.7 Å². The Morgan fingerprint density at radius 2 is 1.95 bits per heavy atom. The fourth-order valence-corrected chi connectivity index (χ4v) is 11.0. The van der Waals surface area contributed by atoms with Gasteiger partial charge in [0.25, 0.3) is 11.8 Å². The van der Waals surface area contributed by atoms with Gasteiger partial charge < -0.3 is 23.8 Å². The highest BCUT2D eigenvalue weighted by atomic mass is 35.5. The van der Waals surface area contributed by atoms with E-state index in [0.29, 0.717) is 30.5 Å². The molecule has 2 bridgehead atoms. The van der Waals surface area contributed by atoms with E-state index in [2.05, 4.69) is 41.2 Å². The lowest BCUT2D eigenvalue weighted by atomic mass is 9.68. The zero-order valence-corrected chi connectivity index (χ0v) is 34.6. The van der Waals surface area contributed by atoms with Gasteiger partial charge in [0, 0.05) is 67.8 Å². The summed E-state index contributed by atoms with van der Waals surface area (Å²) in [5, 5.41) is 4.89. The highest BCUT2D eigenvalue weighted by molar-refractivity contribution is 7.92. The molecule has 1 fully saturated rings. The molecule has 306 valence electrons. The van der Waals surface area contributed by atoms with Gasteiger partial charge in [-0.3, -0.25) is 24.0 Å². The lowest BCUT2D eigenvalue weighted by molar-refractivity contribution is 0.0126. The number of nitrogens with zero attached hydrogens (tertiary/aromatic N) is 6. The van der Waals surface area contributed by atoms with Gasteiger partial charge in [0.1, 0.15) is 27.3 Å². The maximum absolute atomic E-state index is 15.1. The van der Waals surface area contributed by atoms with Crippen LogP contribution in [0, 0.1) is 17.8 Å². The Kier molecular flexibility index (Phi) is 11.2. The molecule has 2 aromatic heterocycles. The molecule has 2 aliphatic heterocycles. The van der Waals surface area contributed by atoms with E-state index in [4.69, 9.17) is 30.5 Å². The van der Waals surface area contributed by atoms with Gasteiger partial charge in [0.05, 0.1) is 37.5 Å². The molecule has 14 nitrogen and oxygen atoms in total. The number of rotatable bonds is 6. The number of fused-ring (bicyclic) bond motifs is 4. The van der Waals surface area contributed by atoms with Crippen LogP contribution in [0.15, 0.2) is 77.7 Å². The average molecular weight is 830 g/mol. The maximum Gasteiger partial charge on any atom is 0.286 e. The van der Waals surface area contributed by atoms with E-state index < -0.39 is 33.8 Å². The number of aryl methyl sites for hydroxylation is 2. The fourth-order valence-electron chi connectivity index (χ4n) is 8.94. The molecule has 0 saturated heterocycles. The van der Waals surface area contributed by atoms with Gasteiger partial charge in [-0.2, -0.15) is 0 Å². The number of carbonyl (C=O) groups is 2. The Morgan fingerprint density at radius 1 is 1.10 bits per heavy atom. The number of ether oxygens (including phenoxy) is 4. The van der Waals surface area contributed by atoms with Crippen LogP contribution in [-0.4, -0.2) is 87.6 Å². The topological polar surface area (TPSA) is 159 Å². The van der Waals surface area contributed by atoms with Gasteiger partial charge in [0.15, 0.2) is 0 Å². The molecule has 8 rings (SSSR count). The molecular formula is C42H48ClN7O7S. The minimum Gasteiger partial charge on any atom is -0.490 e. The molecule has 7 atom stereocenters. The predicted octanol–water partition coefficient (Wildman–Crippen LogP) is 5.99. The molecule has 1 N–H and O–H groups in total. The van der Waals surface area contributed by atoms with Crippen molar-refractivity contribution in [1.82, 2.24) is 24.5 Å². The number of hydrogen-bond donors (Lipinski definition) is 1. The van der Waals surface area contributed by atoms with Gasteiger partial charge >= 0.3 is 0 Å². The molecule has 4 aromatic rings. The highest BCUT2D eigenvalue weighted by Crippen LogP contribution is 2.47. The molecule has 58 heavy (non-hydrogen) atoms. The lowest BCUT2D eigenvalue weighted by Gasteiger charge is -2.46. The monoisotopic (exact) mass is 829 g/mol. The van der Waals surface area contributed by atoms with Crippen molar-refractivity contribution in [3.63, 3.8) is 0 Å². The van der Waals surface area contributed by atoms with Crippen molar-refractivity contribution in [2.45, 2.75) is 56.7 Å². The smallest absolute Gasteiger partial charge is 0.286 e. The molecule has 4 aliphatic rings. The van der Waals surface area contributed by atoms with E-state index in [1.54, 1.807) is 38.6 Å². The largest absolute Gasteiger partial charge is 0.490 e. The molecule has 16 heteroatoms. The van der Waals surface area contributed by atoms with Gasteiger partial charge in [-0.05, 0) is 91.5 Å². The van der Waals surface area contributed by atoms with Crippen LogP contribution >= 0.6 is 11.6 Å². The second-order valence-corrected chi connectivity index (χ2v) is 18.3. The van der Waals surface area contributed by atoms with Crippen molar-refractivity contribution >= 4 is 39.0 Å². The molecule has 1 unspecified atom stereocenters. The Morgan fingerprint density at radius 3 is 2.71 bits per heavy atom. The van der Waals surface area contributed by atoms with E-state index in [1.807, 2.05) is 25.1 Å². The minimum absolute atomic E-state index is 0.0367. The Hall–Kier alpha value is -4.99. The van der Waals surface area contributed by atoms with E-state index in [-0.39, 0.29) is 52.0 Å². The summed E-state index contributed by atoms with van der Waals surface area (Å²) in [4.78, 5) is 39.0. The molecule has 1 saturated carbocycles. The molecule has 4 heterocycles. The number of aromatic nitrogens is 4. The number of nitrogens with one attached hydrogen (secondary N) is 1. The molecule has 2 aromatic carbocycles. The number of carbonyl (C=O) groups excluding carboxylic acids is 2. The van der Waals surface area contributed by atoms with Crippen molar-refractivity contribution < 1.29 is 32.7 Å². The van der Waals surface area contributed by atoms with Crippen molar-refractivity contribution in [2.24, 2.45) is 29.2 Å². The van der Waals surface area contributed by atoms with Crippen LogP contribution in [0.4, 0.5) is 5.69 Å². The van der Waals surface area contributed by atoms with Crippen molar-refractivity contribution in [1.29, 1.82) is 0 Å². The third kappa shape index (κ3) is 8.03. The second-order valence-electron chi connectivity index (χ2n) is 15.8. The van der Waals surface area contributed by atoms with Crippen LogP contribution in [0.3, 0.4) is 0 Å². The van der Waals surface area contributed by atoms with E-state index >= 15 is 4.21 Å². The number of benzene rings is 2. The highest BCUT2D eigenvalue weighted by Gasteiger charge is 2.44. The molecule has 2 amide bonds. The summed E-state index contributed by atoms with van der Waals surface area (Å²) in [6, 6.07) is 11.4. The first-order valence-electron chi connectivity index (χ1n) is 19.6. The number of halogens is 1. The summed E-state index contributed by atoms with van der Waals surface area (Å²) in [6.45, 7) is 3.64. The Bertz CT molecular complexity index is 2350. The van der Waals surface area contributed by atoms with Crippen molar-refractivity contribution in [2.75, 3.05) is 44.6 Å². The third-order valence-corrected chi connectivity index (χ3v) is 14.1. The molecular weight excluding hydrogens is 782 g/mol. The molecule has 0 radical (unpaired) electrons. The van der Waals surface area contributed by atoms with Gasteiger partial charge in [-0.15, -0.1) is 9.46 Å². The van der Waals surface area contributed by atoms with Crippen LogP contribution in [0.1, 0.15) is 64.4 Å². The maximum atomic E-state index is 15.1. The lowest BCUT2D eigenvalue weighted by Crippen LogP contribution is -2.49. The SMILES string of the molecule is COc1nn(C)cc1C(=O)NS1(=O)=NC(=O)c2ccc3c(c2)N(C[C@@H]2CC[C@H]2[C@@H](OC)/C=C/[C@H](Oc2cnccn2)[C@H](C)C1)C[C@@]1(CCCc2cc(Cl)ccc21)CO3. The van der Waals surface area contributed by atoms with Crippen LogP contribution in [-0.2, 0) is 33.5 Å². The summed E-state index contributed by atoms with van der Waals surface area (Å²) in [6.07, 6.45) is 13.8. The normalized spacial score (nSPS) is 28.7. The second kappa shape index (κ2) is 16.3. The number of anilines is 1. The third-order valence-electron chi connectivity index (χ3n) is 12.0. The summed E-state index contributed by atoms with van der Waals surface area (Å²) in [7, 11) is 0.900. The standard InChI is InChI=1S/C42H48ClN7O7S/c1-26-23-58(53,48-40(52)32-22-49(2)46-41(32)55-4)47-39(51)28-8-12-37-34(19-28)50(24-42(25-56-37)15-5-6-27-18-30(43)9-11-33(27)42)21-29-7-10-31(29)36(54-3)14-13-35(26)57-38-20-44-16-17-45-38/h8-9,11-14,16-20,22,26,29,31,35-36H,5-7,10,15,21,23-25H2,1-4H3,(H,47,48,51,52,53)/b14-13+/t26-,29+,31-,35+,36+,42+,58?/m1/s1. The first kappa shape index (κ1) is 39.8. The van der Waals surface area contributed by atoms with Gasteiger partial charge in [-0.25, -0.2) is 9.19 Å². The number of hydrogen-bond acceptors (Lipinski definition) is 11. The van der Waals surface area contributed by atoms with E-state index in [0.717, 1.165) is 37.8 Å². The van der Waals surface area contributed by atoms with Crippen molar-refractivity contribution in [3.8, 4) is 17.5 Å². The van der Waals surface area contributed by atoms with Crippen LogP contribution in [0.5, 0.6) is 17.5 Å². The molecule has 2 aliphatic carbocycles. The number of amides is 2. The van der Waals surface area contributed by atoms with E-state index in [9.17, 15) is 9.59 Å². The van der Waals surface area contributed by atoms with Crippen LogP contribution < -0.4 is 23.8 Å². The minimum atomic E-state index is -3.83. The predicted molar refractivity (Wildman–Crippen MR) is 219 cm³/mol. The average Bonchev–Trinajstić information content (AvgIpc) is 3.52. The number of methoxy groups -OCH3 is 2. The quantitative estimate of drug-likeness (QED) is 0.228. The zero-order chi connectivity index (χ0) is 40.6. The van der Waals surface area contributed by atoms with Crippen LogP contribution in [0.25, 0.3) is 0 Å². The zero-order valence-electron chi connectivity index (χ0n) is 33.0. The molecule has 1 spiro atoms. The summed E-state index contributed by atoms with van der Waals surface area (Å²) >= 11 is 6.49. The summed E-state index contributed by atoms with van der Waals surface area (Å²) in [5.74, 6) is -0.900. The first-order valence-corrected chi connectivity index (χ1v) is 21.7. The Labute approximate surface area is 343 Å². The Balaban J connectivity index is 1.23. The van der Waals surface area contributed by atoms with Crippen molar-refractivity contribution in [3.05, 3.63) is 101 Å². The summed E-state index contributed by atoms with van der Waals surface area (Å²) < 4.78 is 47.9. The van der Waals surface area contributed by atoms with E-state index in [1.165, 1.54) is 41.5 Å². The fraction of sp³-hybridized carbons (Fsp3) is 0.452.